The molecule has 11 heteroatoms. The molecule has 2 N–H and O–H groups in total. The highest BCUT2D eigenvalue weighted by Crippen LogP contribution is 2.19. The van der Waals surface area contributed by atoms with Crippen molar-refractivity contribution in [3.63, 3.8) is 0 Å². The second kappa shape index (κ2) is 10.1. The number of benzene rings is 1. The molecule has 2 amide bonds. The Balaban J connectivity index is 1.47. The average Bonchev–Trinajstić information content (AvgIpc) is 3.23. The van der Waals surface area contributed by atoms with Crippen LogP contribution in [0.5, 0.6) is 5.75 Å². The van der Waals surface area contributed by atoms with Crippen LogP contribution < -0.4 is 14.8 Å². The minimum Gasteiger partial charge on any atom is -0.497 e. The summed E-state index contributed by atoms with van der Waals surface area (Å²) in [5, 5.41) is 6.90. The highest BCUT2D eigenvalue weighted by molar-refractivity contribution is 7.89. The number of sulfonamides is 1. The second-order valence-corrected chi connectivity index (χ2v) is 9.61. The summed E-state index contributed by atoms with van der Waals surface area (Å²) in [7, 11) is -0.577. The highest BCUT2D eigenvalue weighted by Gasteiger charge is 2.29. The molecule has 0 saturated carbocycles. The Hall–Kier alpha value is -2.92. The van der Waals surface area contributed by atoms with Crippen LogP contribution in [0, 0.1) is 5.92 Å². The number of hydrogen-bond donors (Lipinski definition) is 2. The molecule has 0 radical (unpaired) electrons. The summed E-state index contributed by atoms with van der Waals surface area (Å²) in [6.45, 7) is 3.10. The Kier molecular flexibility index (Phi) is 7.52. The van der Waals surface area contributed by atoms with Crippen molar-refractivity contribution in [2.45, 2.75) is 30.7 Å². The van der Waals surface area contributed by atoms with Gasteiger partial charge in [-0.25, -0.2) is 8.42 Å². The number of nitrogens with one attached hydrogen (secondary N) is 2. The highest BCUT2D eigenvalue weighted by atomic mass is 32.2. The van der Waals surface area contributed by atoms with Gasteiger partial charge >= 0.3 is 0 Å². The van der Waals surface area contributed by atoms with Crippen molar-refractivity contribution in [1.82, 2.24) is 24.7 Å². The predicted octanol–water partition coefficient (Wildman–Crippen LogP) is 0.764. The summed E-state index contributed by atoms with van der Waals surface area (Å²) in [5.74, 6) is 0.372. The maximum absolute atomic E-state index is 12.8. The van der Waals surface area contributed by atoms with Gasteiger partial charge in [0.2, 0.25) is 15.9 Å². The molecule has 2 aromatic rings. The Labute approximate surface area is 188 Å². The number of piperidine rings is 1. The third-order valence-electron chi connectivity index (χ3n) is 5.52. The van der Waals surface area contributed by atoms with E-state index in [1.54, 1.807) is 41.9 Å². The molecular weight excluding hydrogens is 434 g/mol. The molecule has 1 atom stereocenters. The zero-order chi connectivity index (χ0) is 23.3. The van der Waals surface area contributed by atoms with Gasteiger partial charge in [0.25, 0.3) is 5.91 Å². The Morgan fingerprint density at radius 3 is 2.44 bits per heavy atom. The molecule has 1 fully saturated rings. The fourth-order valence-electron chi connectivity index (χ4n) is 3.61. The molecule has 32 heavy (non-hydrogen) atoms. The SMILES string of the molecule is COc1ccc(S(=O)(=O)N[C@@H](C)C(=O)N2CCC(CNC(=O)c3cnn(C)c3)CC2)cc1. The van der Waals surface area contributed by atoms with Crippen LogP contribution in [0.3, 0.4) is 0 Å². The van der Waals surface area contributed by atoms with Gasteiger partial charge in [-0.15, -0.1) is 0 Å². The summed E-state index contributed by atoms with van der Waals surface area (Å²) >= 11 is 0. The van der Waals surface area contributed by atoms with Crippen LogP contribution in [0.25, 0.3) is 0 Å². The zero-order valence-electron chi connectivity index (χ0n) is 18.4. The van der Waals surface area contributed by atoms with Crippen LogP contribution in [0.4, 0.5) is 0 Å². The summed E-state index contributed by atoms with van der Waals surface area (Å²) in [4.78, 5) is 26.7. The lowest BCUT2D eigenvalue weighted by molar-refractivity contribution is -0.133. The Morgan fingerprint density at radius 1 is 1.22 bits per heavy atom. The van der Waals surface area contributed by atoms with Gasteiger partial charge in [0.15, 0.2) is 0 Å². The van der Waals surface area contributed by atoms with E-state index in [1.165, 1.54) is 25.4 Å². The van der Waals surface area contributed by atoms with Crippen molar-refractivity contribution < 1.29 is 22.7 Å². The number of nitrogens with zero attached hydrogens (tertiary/aromatic N) is 3. The molecule has 0 bridgehead atoms. The quantitative estimate of drug-likeness (QED) is 0.596. The van der Waals surface area contributed by atoms with Crippen molar-refractivity contribution >= 4 is 21.8 Å². The van der Waals surface area contributed by atoms with Crippen LogP contribution >= 0.6 is 0 Å². The van der Waals surface area contributed by atoms with Crippen molar-refractivity contribution in [2.75, 3.05) is 26.7 Å². The van der Waals surface area contributed by atoms with Crippen molar-refractivity contribution in [2.24, 2.45) is 13.0 Å². The van der Waals surface area contributed by atoms with Gasteiger partial charge in [-0.05, 0) is 49.9 Å². The van der Waals surface area contributed by atoms with Crippen LogP contribution in [0.1, 0.15) is 30.1 Å². The first-order valence-corrected chi connectivity index (χ1v) is 11.9. The molecule has 0 aliphatic carbocycles. The minimum absolute atomic E-state index is 0.0704. The van der Waals surface area contributed by atoms with E-state index in [-0.39, 0.29) is 22.6 Å². The van der Waals surface area contributed by atoms with Crippen LogP contribution in [0.2, 0.25) is 0 Å². The number of methoxy groups -OCH3 is 1. The van der Waals surface area contributed by atoms with Crippen molar-refractivity contribution in [3.8, 4) is 5.75 Å². The molecule has 3 rings (SSSR count). The van der Waals surface area contributed by atoms with Crippen LogP contribution in [-0.4, -0.2) is 67.7 Å². The van der Waals surface area contributed by atoms with E-state index in [2.05, 4.69) is 15.1 Å². The molecule has 10 nitrogen and oxygen atoms in total. The Morgan fingerprint density at radius 2 is 1.88 bits per heavy atom. The maximum atomic E-state index is 12.8. The summed E-state index contributed by atoms with van der Waals surface area (Å²) < 4.78 is 34.2. The van der Waals surface area contributed by atoms with Crippen molar-refractivity contribution in [3.05, 3.63) is 42.2 Å². The summed E-state index contributed by atoms with van der Waals surface area (Å²) in [6.07, 6.45) is 4.64. The minimum atomic E-state index is -3.83. The van der Waals surface area contributed by atoms with Gasteiger partial charge in [0.1, 0.15) is 5.75 Å². The molecule has 1 saturated heterocycles. The number of ether oxygens (including phenoxy) is 1. The van der Waals surface area contributed by atoms with E-state index >= 15 is 0 Å². The monoisotopic (exact) mass is 463 g/mol. The van der Waals surface area contributed by atoms with Crippen LogP contribution in [0.15, 0.2) is 41.6 Å². The van der Waals surface area contributed by atoms with Gasteiger partial charge in [0, 0.05) is 32.9 Å². The third-order valence-corrected chi connectivity index (χ3v) is 7.07. The topological polar surface area (TPSA) is 123 Å². The smallest absolute Gasteiger partial charge is 0.254 e. The van der Waals surface area contributed by atoms with Crippen LogP contribution in [-0.2, 0) is 21.9 Å². The number of rotatable bonds is 8. The second-order valence-electron chi connectivity index (χ2n) is 7.90. The largest absolute Gasteiger partial charge is 0.497 e. The van der Waals surface area contributed by atoms with E-state index in [0.717, 1.165) is 12.8 Å². The normalized spacial score (nSPS) is 15.9. The first kappa shape index (κ1) is 23.7. The fraction of sp³-hybridized carbons (Fsp3) is 0.476. The van der Waals surface area contributed by atoms with Gasteiger partial charge in [-0.1, -0.05) is 0 Å². The van der Waals surface area contributed by atoms with Gasteiger partial charge in [-0.2, -0.15) is 9.82 Å². The molecule has 1 aliphatic heterocycles. The number of likely N-dealkylation sites (tertiary alicyclic amines) is 1. The van der Waals surface area contributed by atoms with Gasteiger partial charge in [0.05, 0.1) is 29.8 Å². The van der Waals surface area contributed by atoms with Gasteiger partial charge in [-0.3, -0.25) is 14.3 Å². The summed E-state index contributed by atoms with van der Waals surface area (Å²) in [5.41, 5.74) is 0.512. The molecule has 1 aromatic heterocycles. The molecule has 0 unspecified atom stereocenters. The lowest BCUT2D eigenvalue weighted by atomic mass is 9.96. The number of aromatic nitrogens is 2. The first-order chi connectivity index (χ1) is 15.2. The maximum Gasteiger partial charge on any atom is 0.254 e. The Bertz CT molecular complexity index is 1040. The number of aryl methyl sites for hydroxylation is 1. The van der Waals surface area contributed by atoms with Gasteiger partial charge < -0.3 is 15.0 Å². The fourth-order valence-corrected chi connectivity index (χ4v) is 4.81. The molecule has 0 spiro atoms. The van der Waals surface area contributed by atoms with E-state index < -0.39 is 16.1 Å². The number of hydrogen-bond acceptors (Lipinski definition) is 6. The number of carbonyl (C=O) groups excluding carboxylic acids is 2. The number of carbonyl (C=O) groups is 2. The number of amides is 2. The van der Waals surface area contributed by atoms with E-state index in [4.69, 9.17) is 4.74 Å². The standard InChI is InChI=1S/C21H29N5O5S/c1-15(24-32(29,30)19-6-4-18(31-3)5-7-19)21(28)26-10-8-16(9-11-26)12-22-20(27)17-13-23-25(2)14-17/h4-7,13-16,24H,8-12H2,1-3H3,(H,22,27)/t15-/m0/s1. The van der Waals surface area contributed by atoms with Crippen molar-refractivity contribution in [1.29, 1.82) is 0 Å². The average molecular weight is 464 g/mol. The molecule has 2 heterocycles. The van der Waals surface area contributed by atoms with E-state index in [1.807, 2.05) is 0 Å². The predicted molar refractivity (Wildman–Crippen MR) is 118 cm³/mol. The molecule has 174 valence electrons. The molecular formula is C21H29N5O5S. The molecule has 1 aromatic carbocycles. The summed E-state index contributed by atoms with van der Waals surface area (Å²) in [6, 6.07) is 5.09. The van der Waals surface area contributed by atoms with E-state index in [9.17, 15) is 18.0 Å². The zero-order valence-corrected chi connectivity index (χ0v) is 19.3. The first-order valence-electron chi connectivity index (χ1n) is 10.4. The molecule has 1 aliphatic rings. The van der Waals surface area contributed by atoms with E-state index in [0.29, 0.717) is 30.9 Å². The lowest BCUT2D eigenvalue weighted by Crippen LogP contribution is -2.50. The lowest BCUT2D eigenvalue weighted by Gasteiger charge is -2.33. The third kappa shape index (κ3) is 5.86.